The summed E-state index contributed by atoms with van der Waals surface area (Å²) in [6, 6.07) is 0. The van der Waals surface area contributed by atoms with E-state index >= 15 is 0 Å². The number of unbranched alkanes of at least 4 members (excludes halogenated alkanes) is 3. The first-order chi connectivity index (χ1) is 5.91. The highest BCUT2D eigenvalue weighted by molar-refractivity contribution is 4.80. The minimum Gasteiger partial charge on any atom is -0.317 e. The van der Waals surface area contributed by atoms with Gasteiger partial charge in [-0.15, -0.1) is 0 Å². The normalized spacial score (nSPS) is 11.2. The third-order valence-electron chi connectivity index (χ3n) is 1.85. The van der Waals surface area contributed by atoms with Gasteiger partial charge in [-0.3, -0.25) is 0 Å². The van der Waals surface area contributed by atoms with E-state index < -0.39 is 0 Å². The molecule has 0 aromatic carbocycles. The van der Waals surface area contributed by atoms with Crippen LogP contribution in [0.25, 0.3) is 0 Å². The van der Waals surface area contributed by atoms with Crippen molar-refractivity contribution < 1.29 is 0 Å². The molecule has 0 radical (unpaired) electrons. The van der Waals surface area contributed by atoms with Gasteiger partial charge in [0.1, 0.15) is 0 Å². The zero-order valence-corrected chi connectivity index (χ0v) is 8.60. The van der Waals surface area contributed by atoms with Crippen LogP contribution >= 0.6 is 0 Å². The molecule has 0 saturated carbocycles. The van der Waals surface area contributed by atoms with Crippen LogP contribution in [0.2, 0.25) is 0 Å². The Bertz CT molecular complexity index is 97.2. The van der Waals surface area contributed by atoms with Gasteiger partial charge in [-0.05, 0) is 38.8 Å². The fraction of sp³-hybridized carbons (Fsp3) is 0.818. The van der Waals surface area contributed by atoms with E-state index in [0.29, 0.717) is 0 Å². The average Bonchev–Trinajstić information content (AvgIpc) is 2.10. The molecule has 0 saturated heterocycles. The lowest BCUT2D eigenvalue weighted by Gasteiger charge is -1.98. The number of rotatable bonds is 8. The number of nitrogens with one attached hydrogen (secondary N) is 1. The van der Waals surface area contributed by atoms with Gasteiger partial charge in [-0.2, -0.15) is 0 Å². The highest BCUT2D eigenvalue weighted by atomic mass is 14.8. The number of hydrogen-bond donors (Lipinski definition) is 1. The molecule has 1 N–H and O–H groups in total. The fourth-order valence-electron chi connectivity index (χ4n) is 1.09. The van der Waals surface area contributed by atoms with Gasteiger partial charge in [0.2, 0.25) is 0 Å². The molecule has 0 aromatic heterocycles. The molecule has 0 heterocycles. The third-order valence-corrected chi connectivity index (χ3v) is 1.85. The summed E-state index contributed by atoms with van der Waals surface area (Å²) in [5.74, 6) is 0. The molecule has 0 rings (SSSR count). The van der Waals surface area contributed by atoms with Crippen LogP contribution in [0.5, 0.6) is 0 Å². The van der Waals surface area contributed by atoms with Crippen molar-refractivity contribution >= 4 is 0 Å². The van der Waals surface area contributed by atoms with Crippen LogP contribution in [-0.2, 0) is 0 Å². The largest absolute Gasteiger partial charge is 0.317 e. The fourth-order valence-corrected chi connectivity index (χ4v) is 1.09. The van der Waals surface area contributed by atoms with Gasteiger partial charge in [0.25, 0.3) is 0 Å². The van der Waals surface area contributed by atoms with Gasteiger partial charge in [-0.25, -0.2) is 0 Å². The molecule has 0 aliphatic heterocycles. The predicted octanol–water partition coefficient (Wildman–Crippen LogP) is 3.12. The Morgan fingerprint density at radius 1 is 1.00 bits per heavy atom. The maximum Gasteiger partial charge on any atom is -0.00489 e. The van der Waals surface area contributed by atoms with Crippen molar-refractivity contribution in [1.29, 1.82) is 0 Å². The van der Waals surface area contributed by atoms with Gasteiger partial charge in [0.15, 0.2) is 0 Å². The smallest absolute Gasteiger partial charge is 0.00489 e. The second-order valence-corrected chi connectivity index (χ2v) is 3.11. The van der Waals surface area contributed by atoms with E-state index in [1.807, 2.05) is 0 Å². The lowest BCUT2D eigenvalue weighted by molar-refractivity contribution is 0.645. The lowest BCUT2D eigenvalue weighted by Crippen LogP contribution is -2.13. The van der Waals surface area contributed by atoms with Gasteiger partial charge < -0.3 is 5.32 Å². The molecule has 0 atom stereocenters. The second kappa shape index (κ2) is 10.7. The second-order valence-electron chi connectivity index (χ2n) is 3.11. The first-order valence-electron chi connectivity index (χ1n) is 5.27. The maximum absolute atomic E-state index is 3.33. The summed E-state index contributed by atoms with van der Waals surface area (Å²) in [6.07, 6.45) is 11.0. The summed E-state index contributed by atoms with van der Waals surface area (Å²) >= 11 is 0. The summed E-state index contributed by atoms with van der Waals surface area (Å²) in [7, 11) is 0. The SMILES string of the molecule is CCCC=CCCCCNCC. The van der Waals surface area contributed by atoms with E-state index in [9.17, 15) is 0 Å². The summed E-state index contributed by atoms with van der Waals surface area (Å²) in [5, 5.41) is 3.33. The van der Waals surface area contributed by atoms with Crippen LogP contribution in [0, 0.1) is 0 Å². The zero-order valence-electron chi connectivity index (χ0n) is 8.60. The van der Waals surface area contributed by atoms with Crippen molar-refractivity contribution in [3.05, 3.63) is 12.2 Å². The molecule has 72 valence electrons. The van der Waals surface area contributed by atoms with Crippen LogP contribution in [-0.4, -0.2) is 13.1 Å². The Labute approximate surface area is 77.2 Å². The van der Waals surface area contributed by atoms with E-state index in [1.165, 1.54) is 38.6 Å². The quantitative estimate of drug-likeness (QED) is 0.435. The van der Waals surface area contributed by atoms with E-state index in [-0.39, 0.29) is 0 Å². The minimum atomic E-state index is 1.10. The first-order valence-corrected chi connectivity index (χ1v) is 5.27. The third kappa shape index (κ3) is 9.70. The van der Waals surface area contributed by atoms with E-state index in [2.05, 4.69) is 31.3 Å². The monoisotopic (exact) mass is 169 g/mol. The molecule has 1 heteroatoms. The molecule has 0 aromatic rings. The molecule has 0 unspecified atom stereocenters. The molecule has 0 bridgehead atoms. The van der Waals surface area contributed by atoms with Crippen LogP contribution in [0.15, 0.2) is 12.2 Å². The Kier molecular flexibility index (Phi) is 10.4. The van der Waals surface area contributed by atoms with Crippen LogP contribution in [0.4, 0.5) is 0 Å². The molecule has 0 aliphatic carbocycles. The first kappa shape index (κ1) is 11.7. The van der Waals surface area contributed by atoms with E-state index in [1.54, 1.807) is 0 Å². The predicted molar refractivity (Wildman–Crippen MR) is 56.4 cm³/mol. The Hall–Kier alpha value is -0.300. The molecule has 0 spiro atoms. The zero-order chi connectivity index (χ0) is 9.07. The van der Waals surface area contributed by atoms with Gasteiger partial charge in [-0.1, -0.05) is 32.4 Å². The van der Waals surface area contributed by atoms with Crippen LogP contribution in [0.1, 0.15) is 46.0 Å². The molecular weight excluding hydrogens is 146 g/mol. The van der Waals surface area contributed by atoms with Crippen molar-refractivity contribution in [1.82, 2.24) is 5.32 Å². The number of allylic oxidation sites excluding steroid dienone is 2. The molecule has 0 fully saturated rings. The van der Waals surface area contributed by atoms with E-state index in [0.717, 1.165) is 6.54 Å². The highest BCUT2D eigenvalue weighted by Crippen LogP contribution is 1.97. The summed E-state index contributed by atoms with van der Waals surface area (Å²) < 4.78 is 0. The van der Waals surface area contributed by atoms with Crippen molar-refractivity contribution in [2.75, 3.05) is 13.1 Å². The standard InChI is InChI=1S/C11H23N/c1-3-5-6-7-8-9-10-11-12-4-2/h6-7,12H,3-5,8-11H2,1-2H3. The Morgan fingerprint density at radius 2 is 1.75 bits per heavy atom. The summed E-state index contributed by atoms with van der Waals surface area (Å²) in [4.78, 5) is 0. The minimum absolute atomic E-state index is 1.10. The lowest BCUT2D eigenvalue weighted by atomic mass is 10.2. The molecule has 0 amide bonds. The summed E-state index contributed by atoms with van der Waals surface area (Å²) in [6.45, 7) is 6.65. The van der Waals surface area contributed by atoms with Gasteiger partial charge in [0, 0.05) is 0 Å². The maximum atomic E-state index is 3.33. The molecule has 1 nitrogen and oxygen atoms in total. The van der Waals surface area contributed by atoms with Crippen molar-refractivity contribution in [2.24, 2.45) is 0 Å². The number of hydrogen-bond acceptors (Lipinski definition) is 1. The average molecular weight is 169 g/mol. The molecule has 12 heavy (non-hydrogen) atoms. The molecule has 0 aliphatic rings. The van der Waals surface area contributed by atoms with Gasteiger partial charge >= 0.3 is 0 Å². The Balaban J connectivity index is 2.90. The summed E-state index contributed by atoms with van der Waals surface area (Å²) in [5.41, 5.74) is 0. The molecular formula is C11H23N. The van der Waals surface area contributed by atoms with Crippen molar-refractivity contribution in [2.45, 2.75) is 46.0 Å². The van der Waals surface area contributed by atoms with Crippen molar-refractivity contribution in [3.63, 3.8) is 0 Å². The topological polar surface area (TPSA) is 12.0 Å². The Morgan fingerprint density at radius 3 is 2.42 bits per heavy atom. The van der Waals surface area contributed by atoms with Crippen LogP contribution in [0.3, 0.4) is 0 Å². The van der Waals surface area contributed by atoms with Crippen LogP contribution < -0.4 is 5.32 Å². The van der Waals surface area contributed by atoms with E-state index in [4.69, 9.17) is 0 Å². The van der Waals surface area contributed by atoms with Gasteiger partial charge in [0.05, 0.1) is 0 Å². The highest BCUT2D eigenvalue weighted by Gasteiger charge is 1.84. The van der Waals surface area contributed by atoms with Crippen molar-refractivity contribution in [3.8, 4) is 0 Å².